The van der Waals surface area contributed by atoms with Gasteiger partial charge in [-0.3, -0.25) is 14.5 Å². The van der Waals surface area contributed by atoms with Crippen molar-refractivity contribution in [1.82, 2.24) is 15.2 Å². The number of thiazole rings is 1. The van der Waals surface area contributed by atoms with E-state index in [4.69, 9.17) is 5.73 Å². The molecule has 0 aromatic carbocycles. The number of primary amides is 1. The summed E-state index contributed by atoms with van der Waals surface area (Å²) in [6, 6.07) is 0. The number of rotatable bonds is 6. The summed E-state index contributed by atoms with van der Waals surface area (Å²) in [6.45, 7) is 4.29. The minimum atomic E-state index is -0.340. The molecule has 3 N–H and O–H groups in total. The summed E-state index contributed by atoms with van der Waals surface area (Å²) in [5, 5.41) is 6.07. The number of nitrogens with two attached hydrogens (primary N) is 1. The van der Waals surface area contributed by atoms with Crippen molar-refractivity contribution in [3.63, 3.8) is 0 Å². The molecule has 24 heavy (non-hydrogen) atoms. The first-order valence-corrected chi connectivity index (χ1v) is 9.47. The molecule has 0 aliphatic carbocycles. The molecule has 2 fully saturated rings. The number of likely N-dealkylation sites (tertiary alicyclic amines) is 1. The summed E-state index contributed by atoms with van der Waals surface area (Å²) in [6.07, 6.45) is 4.24. The number of anilines is 1. The Labute approximate surface area is 146 Å². The summed E-state index contributed by atoms with van der Waals surface area (Å²) in [7, 11) is 0. The topological polar surface area (TPSA) is 91.6 Å². The van der Waals surface area contributed by atoms with Gasteiger partial charge in [0.25, 0.3) is 0 Å². The maximum Gasteiger partial charge on any atom is 0.231 e. The standard InChI is InChI=1S/C16H25N5O2S/c17-14(22)10-20-5-3-4-12(9-20)15(23)18-8-13-11-24-16(19-13)21-6-1-2-7-21/h11-12H,1-10H2,(H2,17,22)(H,18,23)/t12-/m0/s1. The third kappa shape index (κ3) is 4.45. The predicted octanol–water partition coefficient (Wildman–Crippen LogP) is 0.557. The van der Waals surface area contributed by atoms with Gasteiger partial charge in [-0.2, -0.15) is 0 Å². The first-order chi connectivity index (χ1) is 11.6. The summed E-state index contributed by atoms with van der Waals surface area (Å²) < 4.78 is 0. The lowest BCUT2D eigenvalue weighted by Gasteiger charge is -2.30. The van der Waals surface area contributed by atoms with Crippen molar-refractivity contribution in [2.24, 2.45) is 11.7 Å². The Morgan fingerprint density at radius 3 is 2.83 bits per heavy atom. The highest BCUT2D eigenvalue weighted by Gasteiger charge is 2.26. The van der Waals surface area contributed by atoms with Crippen LogP contribution < -0.4 is 16.0 Å². The van der Waals surface area contributed by atoms with Crippen LogP contribution in [0.1, 0.15) is 31.4 Å². The third-order valence-electron chi connectivity index (χ3n) is 4.62. The number of carbonyl (C=O) groups is 2. The van der Waals surface area contributed by atoms with Gasteiger partial charge in [0.05, 0.1) is 24.7 Å². The SMILES string of the molecule is NC(=O)CN1CCC[C@H](C(=O)NCc2csc(N3CCCC3)n2)C1. The second-order valence-corrected chi connectivity index (χ2v) is 7.41. The molecule has 2 aliphatic rings. The Kier molecular flexibility index (Phi) is 5.68. The number of nitrogens with zero attached hydrogens (tertiary/aromatic N) is 3. The maximum absolute atomic E-state index is 12.4. The number of hydrogen-bond acceptors (Lipinski definition) is 6. The third-order valence-corrected chi connectivity index (χ3v) is 5.57. The van der Waals surface area contributed by atoms with Crippen molar-refractivity contribution in [2.75, 3.05) is 37.6 Å². The molecule has 1 aromatic heterocycles. The molecule has 0 saturated carbocycles. The van der Waals surface area contributed by atoms with E-state index in [2.05, 4.69) is 15.2 Å². The number of carbonyl (C=O) groups excluding carboxylic acids is 2. The van der Waals surface area contributed by atoms with E-state index in [1.807, 2.05) is 10.3 Å². The molecule has 2 saturated heterocycles. The molecule has 3 heterocycles. The second kappa shape index (κ2) is 7.94. The Morgan fingerprint density at radius 2 is 2.08 bits per heavy atom. The van der Waals surface area contributed by atoms with Crippen LogP contribution in [0.25, 0.3) is 0 Å². The molecule has 0 spiro atoms. The second-order valence-electron chi connectivity index (χ2n) is 6.57. The van der Waals surface area contributed by atoms with Crippen LogP contribution in [-0.2, 0) is 16.1 Å². The molecule has 8 heteroatoms. The van der Waals surface area contributed by atoms with Crippen molar-refractivity contribution in [1.29, 1.82) is 0 Å². The first-order valence-electron chi connectivity index (χ1n) is 8.59. The lowest BCUT2D eigenvalue weighted by atomic mass is 9.97. The van der Waals surface area contributed by atoms with Gasteiger partial charge in [-0.05, 0) is 32.2 Å². The van der Waals surface area contributed by atoms with Crippen LogP contribution in [0.15, 0.2) is 5.38 Å². The fraction of sp³-hybridized carbons (Fsp3) is 0.688. The number of piperidine rings is 1. The van der Waals surface area contributed by atoms with E-state index >= 15 is 0 Å². The van der Waals surface area contributed by atoms with E-state index in [0.717, 1.165) is 43.3 Å². The Hall–Kier alpha value is -1.67. The highest BCUT2D eigenvalue weighted by atomic mass is 32.1. The molecule has 2 aliphatic heterocycles. The maximum atomic E-state index is 12.4. The van der Waals surface area contributed by atoms with E-state index in [-0.39, 0.29) is 24.3 Å². The lowest BCUT2D eigenvalue weighted by molar-refractivity contribution is -0.128. The largest absolute Gasteiger partial charge is 0.369 e. The van der Waals surface area contributed by atoms with Gasteiger partial charge < -0.3 is 16.0 Å². The molecule has 0 bridgehead atoms. The van der Waals surface area contributed by atoms with E-state index < -0.39 is 0 Å². The van der Waals surface area contributed by atoms with Gasteiger partial charge in [-0.1, -0.05) is 0 Å². The Morgan fingerprint density at radius 1 is 1.29 bits per heavy atom. The first kappa shape index (κ1) is 17.2. The summed E-state index contributed by atoms with van der Waals surface area (Å²) in [5.74, 6) is -0.373. The Balaban J connectivity index is 1.47. The number of nitrogens with one attached hydrogen (secondary N) is 1. The Bertz CT molecular complexity index is 585. The van der Waals surface area contributed by atoms with Gasteiger partial charge in [0, 0.05) is 25.0 Å². The van der Waals surface area contributed by atoms with Crippen LogP contribution in [-0.4, -0.2) is 54.4 Å². The minimum Gasteiger partial charge on any atom is -0.369 e. The molecule has 0 unspecified atom stereocenters. The van der Waals surface area contributed by atoms with Crippen LogP contribution in [0.5, 0.6) is 0 Å². The molecule has 3 rings (SSSR count). The summed E-state index contributed by atoms with van der Waals surface area (Å²) >= 11 is 1.65. The zero-order valence-electron chi connectivity index (χ0n) is 13.9. The summed E-state index contributed by atoms with van der Waals surface area (Å²) in [4.78, 5) is 32.3. The zero-order valence-corrected chi connectivity index (χ0v) is 14.7. The number of hydrogen-bond donors (Lipinski definition) is 2. The molecule has 132 valence electrons. The molecule has 2 amide bonds. The van der Waals surface area contributed by atoms with Crippen molar-refractivity contribution in [3.8, 4) is 0 Å². The molecular weight excluding hydrogens is 326 g/mol. The van der Waals surface area contributed by atoms with Crippen LogP contribution in [0.3, 0.4) is 0 Å². The van der Waals surface area contributed by atoms with Gasteiger partial charge in [0.15, 0.2) is 5.13 Å². The lowest BCUT2D eigenvalue weighted by Crippen LogP contribution is -2.45. The van der Waals surface area contributed by atoms with Gasteiger partial charge >= 0.3 is 0 Å². The van der Waals surface area contributed by atoms with E-state index in [1.165, 1.54) is 12.8 Å². The van der Waals surface area contributed by atoms with Crippen molar-refractivity contribution in [2.45, 2.75) is 32.2 Å². The van der Waals surface area contributed by atoms with Gasteiger partial charge in [0.1, 0.15) is 0 Å². The fourth-order valence-corrected chi connectivity index (χ4v) is 4.27. The van der Waals surface area contributed by atoms with Crippen LogP contribution in [0.4, 0.5) is 5.13 Å². The van der Waals surface area contributed by atoms with E-state index in [9.17, 15) is 9.59 Å². The molecule has 7 nitrogen and oxygen atoms in total. The number of aromatic nitrogens is 1. The number of amides is 2. The average Bonchev–Trinajstić information content (AvgIpc) is 3.23. The fourth-order valence-electron chi connectivity index (χ4n) is 3.39. The van der Waals surface area contributed by atoms with E-state index in [0.29, 0.717) is 13.1 Å². The summed E-state index contributed by atoms with van der Waals surface area (Å²) in [5.41, 5.74) is 6.16. The van der Waals surface area contributed by atoms with Crippen LogP contribution in [0.2, 0.25) is 0 Å². The van der Waals surface area contributed by atoms with Crippen molar-refractivity contribution in [3.05, 3.63) is 11.1 Å². The highest BCUT2D eigenvalue weighted by molar-refractivity contribution is 7.13. The quantitative estimate of drug-likeness (QED) is 0.781. The predicted molar refractivity (Wildman–Crippen MR) is 93.8 cm³/mol. The smallest absolute Gasteiger partial charge is 0.231 e. The average molecular weight is 351 g/mol. The minimum absolute atomic E-state index is 0.0416. The monoisotopic (exact) mass is 351 g/mol. The van der Waals surface area contributed by atoms with Crippen LogP contribution >= 0.6 is 11.3 Å². The highest BCUT2D eigenvalue weighted by Crippen LogP contribution is 2.24. The van der Waals surface area contributed by atoms with Gasteiger partial charge in [-0.25, -0.2) is 4.98 Å². The van der Waals surface area contributed by atoms with Crippen LogP contribution in [0, 0.1) is 5.92 Å². The van der Waals surface area contributed by atoms with Gasteiger partial charge in [0.2, 0.25) is 11.8 Å². The van der Waals surface area contributed by atoms with E-state index in [1.54, 1.807) is 11.3 Å². The van der Waals surface area contributed by atoms with Crippen molar-refractivity contribution >= 4 is 28.3 Å². The van der Waals surface area contributed by atoms with Gasteiger partial charge in [-0.15, -0.1) is 11.3 Å². The van der Waals surface area contributed by atoms with Crippen molar-refractivity contribution < 1.29 is 9.59 Å². The normalized spacial score (nSPS) is 21.8. The molecular formula is C16H25N5O2S. The zero-order chi connectivity index (χ0) is 16.9. The molecule has 0 radical (unpaired) electrons. The molecule has 1 aromatic rings. The molecule has 1 atom stereocenters.